The van der Waals surface area contributed by atoms with Crippen LogP contribution in [0.3, 0.4) is 0 Å². The summed E-state index contributed by atoms with van der Waals surface area (Å²) in [6, 6.07) is 0. The van der Waals surface area contributed by atoms with Gasteiger partial charge in [-0.15, -0.1) is 11.3 Å². The van der Waals surface area contributed by atoms with Crippen LogP contribution in [-0.4, -0.2) is 4.98 Å². The number of aromatic nitrogens is 1. The van der Waals surface area contributed by atoms with Crippen LogP contribution in [0.2, 0.25) is 0 Å². The molecular weight excluding hydrogens is 236 g/mol. The van der Waals surface area contributed by atoms with E-state index in [2.05, 4.69) is 17.7 Å². The lowest BCUT2D eigenvalue weighted by atomic mass is 10.2. The first-order valence-corrected chi connectivity index (χ1v) is 7.28. The maximum absolute atomic E-state index is 5.79. The molecule has 0 spiro atoms. The molecule has 0 saturated heterocycles. The van der Waals surface area contributed by atoms with Gasteiger partial charge in [-0.25, -0.2) is 4.98 Å². The zero-order valence-corrected chi connectivity index (χ0v) is 10.8. The van der Waals surface area contributed by atoms with E-state index in [-0.39, 0.29) is 0 Å². The van der Waals surface area contributed by atoms with Gasteiger partial charge in [-0.05, 0) is 30.7 Å². The Hall–Kier alpha value is -0.710. The lowest BCUT2D eigenvalue weighted by molar-refractivity contribution is 0.979. The van der Waals surface area contributed by atoms with Gasteiger partial charge in [-0.1, -0.05) is 0 Å². The summed E-state index contributed by atoms with van der Waals surface area (Å²) in [5.41, 5.74) is 9.68. The van der Waals surface area contributed by atoms with E-state index in [0.717, 1.165) is 5.01 Å². The molecule has 0 atom stereocenters. The molecule has 2 nitrogen and oxygen atoms in total. The van der Waals surface area contributed by atoms with Crippen LogP contribution < -0.4 is 5.73 Å². The number of aryl methyl sites for hydroxylation is 1. The van der Waals surface area contributed by atoms with Gasteiger partial charge in [0.1, 0.15) is 5.01 Å². The lowest BCUT2D eigenvalue weighted by Crippen LogP contribution is -1.96. The first-order chi connectivity index (χ1) is 7.79. The third-order valence-corrected chi connectivity index (χ3v) is 4.95. The maximum Gasteiger partial charge on any atom is 0.125 e. The van der Waals surface area contributed by atoms with E-state index >= 15 is 0 Å². The summed E-state index contributed by atoms with van der Waals surface area (Å²) in [5.74, 6) is 0.697. The van der Waals surface area contributed by atoms with Crippen molar-refractivity contribution in [1.29, 1.82) is 0 Å². The Morgan fingerprint density at radius 2 is 2.25 bits per heavy atom. The summed E-state index contributed by atoms with van der Waals surface area (Å²) in [4.78, 5) is 6.07. The predicted molar refractivity (Wildman–Crippen MR) is 70.0 cm³/mol. The topological polar surface area (TPSA) is 38.9 Å². The van der Waals surface area contributed by atoms with Crippen molar-refractivity contribution >= 4 is 22.7 Å². The van der Waals surface area contributed by atoms with E-state index in [1.807, 2.05) is 0 Å². The molecule has 4 heteroatoms. The van der Waals surface area contributed by atoms with Crippen LogP contribution in [0.5, 0.6) is 0 Å². The standard InChI is InChI=1S/C12H14N2S2/c1-7-5-15-6-9(7)12-14-11(8-2-3-8)10(4-13)16-12/h5-6,8H,2-4,13H2,1H3. The first-order valence-electron chi connectivity index (χ1n) is 5.52. The second-order valence-electron chi connectivity index (χ2n) is 4.27. The number of thiazole rings is 1. The van der Waals surface area contributed by atoms with E-state index < -0.39 is 0 Å². The van der Waals surface area contributed by atoms with Gasteiger partial charge in [0.25, 0.3) is 0 Å². The molecule has 3 rings (SSSR count). The largest absolute Gasteiger partial charge is 0.326 e. The number of hydrogen-bond acceptors (Lipinski definition) is 4. The molecule has 2 aromatic heterocycles. The van der Waals surface area contributed by atoms with Crippen molar-refractivity contribution in [3.8, 4) is 10.6 Å². The van der Waals surface area contributed by atoms with E-state index in [1.165, 1.54) is 34.5 Å². The van der Waals surface area contributed by atoms with Crippen LogP contribution in [-0.2, 0) is 6.54 Å². The van der Waals surface area contributed by atoms with Crippen molar-refractivity contribution in [3.05, 3.63) is 26.9 Å². The fourth-order valence-corrected chi connectivity index (χ4v) is 3.90. The van der Waals surface area contributed by atoms with Crippen molar-refractivity contribution in [1.82, 2.24) is 4.98 Å². The highest BCUT2D eigenvalue weighted by Gasteiger charge is 2.29. The van der Waals surface area contributed by atoms with Crippen LogP contribution in [0.25, 0.3) is 10.6 Å². The summed E-state index contributed by atoms with van der Waals surface area (Å²) in [7, 11) is 0. The second-order valence-corrected chi connectivity index (χ2v) is 6.10. The van der Waals surface area contributed by atoms with Crippen molar-refractivity contribution < 1.29 is 0 Å². The average Bonchev–Trinajstić information content (AvgIpc) is 2.90. The Kier molecular flexibility index (Phi) is 2.58. The second kappa shape index (κ2) is 3.95. The third kappa shape index (κ3) is 1.71. The summed E-state index contributed by atoms with van der Waals surface area (Å²) in [6.45, 7) is 2.78. The first kappa shape index (κ1) is 10.4. The van der Waals surface area contributed by atoms with Crippen molar-refractivity contribution in [3.63, 3.8) is 0 Å². The number of thiophene rings is 1. The van der Waals surface area contributed by atoms with Crippen LogP contribution >= 0.6 is 22.7 Å². The number of nitrogens with zero attached hydrogens (tertiary/aromatic N) is 1. The molecule has 1 fully saturated rings. The molecule has 2 aromatic rings. The van der Waals surface area contributed by atoms with Crippen molar-refractivity contribution in [2.24, 2.45) is 5.73 Å². The Labute approximate surface area is 103 Å². The normalized spacial score (nSPS) is 15.6. The minimum Gasteiger partial charge on any atom is -0.326 e. The Balaban J connectivity index is 2.05. The van der Waals surface area contributed by atoms with Gasteiger partial charge in [0.2, 0.25) is 0 Å². The molecule has 0 amide bonds. The van der Waals surface area contributed by atoms with Gasteiger partial charge in [-0.2, -0.15) is 11.3 Å². The van der Waals surface area contributed by atoms with Gasteiger partial charge >= 0.3 is 0 Å². The highest BCUT2D eigenvalue weighted by atomic mass is 32.1. The zero-order chi connectivity index (χ0) is 11.1. The molecule has 16 heavy (non-hydrogen) atoms. The highest BCUT2D eigenvalue weighted by molar-refractivity contribution is 7.15. The minimum absolute atomic E-state index is 0.632. The van der Waals surface area contributed by atoms with Gasteiger partial charge in [-0.3, -0.25) is 0 Å². The number of rotatable bonds is 3. The highest BCUT2D eigenvalue weighted by Crippen LogP contribution is 2.44. The number of nitrogens with two attached hydrogens (primary N) is 1. The lowest BCUT2D eigenvalue weighted by Gasteiger charge is -1.93. The minimum atomic E-state index is 0.632. The molecule has 0 bridgehead atoms. The molecule has 1 saturated carbocycles. The van der Waals surface area contributed by atoms with Crippen molar-refractivity contribution in [2.45, 2.75) is 32.2 Å². The smallest absolute Gasteiger partial charge is 0.125 e. The van der Waals surface area contributed by atoms with Crippen LogP contribution in [0.15, 0.2) is 10.8 Å². The van der Waals surface area contributed by atoms with Gasteiger partial charge < -0.3 is 5.73 Å². The monoisotopic (exact) mass is 250 g/mol. The fourth-order valence-electron chi connectivity index (χ4n) is 1.88. The van der Waals surface area contributed by atoms with Crippen LogP contribution in [0, 0.1) is 6.92 Å². The summed E-state index contributed by atoms with van der Waals surface area (Å²) < 4.78 is 0. The zero-order valence-electron chi connectivity index (χ0n) is 9.19. The third-order valence-electron chi connectivity index (χ3n) is 2.96. The van der Waals surface area contributed by atoms with E-state index in [0.29, 0.717) is 12.5 Å². The molecule has 2 heterocycles. The fraction of sp³-hybridized carbons (Fsp3) is 0.417. The predicted octanol–water partition coefficient (Wildman–Crippen LogP) is 3.52. The SMILES string of the molecule is Cc1cscc1-c1nc(C2CC2)c(CN)s1. The molecule has 0 radical (unpaired) electrons. The van der Waals surface area contributed by atoms with Crippen LogP contribution in [0.1, 0.15) is 34.9 Å². The summed E-state index contributed by atoms with van der Waals surface area (Å²) in [5, 5.41) is 5.52. The molecule has 0 unspecified atom stereocenters. The Morgan fingerprint density at radius 1 is 1.44 bits per heavy atom. The molecule has 84 valence electrons. The van der Waals surface area contributed by atoms with E-state index in [9.17, 15) is 0 Å². The average molecular weight is 250 g/mol. The van der Waals surface area contributed by atoms with Crippen molar-refractivity contribution in [2.75, 3.05) is 0 Å². The Bertz CT molecular complexity index is 509. The van der Waals surface area contributed by atoms with Gasteiger partial charge in [0.15, 0.2) is 0 Å². The summed E-state index contributed by atoms with van der Waals surface area (Å²) >= 11 is 3.51. The van der Waals surface area contributed by atoms with Crippen LogP contribution in [0.4, 0.5) is 0 Å². The van der Waals surface area contributed by atoms with Gasteiger partial charge in [0, 0.05) is 28.3 Å². The van der Waals surface area contributed by atoms with E-state index in [1.54, 1.807) is 22.7 Å². The molecule has 1 aliphatic rings. The number of hydrogen-bond donors (Lipinski definition) is 1. The quantitative estimate of drug-likeness (QED) is 0.905. The molecular formula is C12H14N2S2. The molecule has 2 N–H and O–H groups in total. The molecule has 1 aliphatic carbocycles. The van der Waals surface area contributed by atoms with Gasteiger partial charge in [0.05, 0.1) is 5.69 Å². The van der Waals surface area contributed by atoms with E-state index in [4.69, 9.17) is 10.7 Å². The molecule has 0 aliphatic heterocycles. The Morgan fingerprint density at radius 3 is 2.81 bits per heavy atom. The summed E-state index contributed by atoms with van der Waals surface area (Å²) in [6.07, 6.45) is 2.58. The molecule has 0 aromatic carbocycles. The maximum atomic E-state index is 5.79.